The van der Waals surface area contributed by atoms with Crippen LogP contribution in [0.25, 0.3) is 10.2 Å². The molecule has 1 aliphatic rings. The number of amides is 1. The molecule has 118 valence electrons. The Bertz CT molecular complexity index is 741. The number of hydrogen-bond acceptors (Lipinski definition) is 6. The van der Waals surface area contributed by atoms with Crippen LogP contribution in [-0.4, -0.2) is 65.6 Å². The van der Waals surface area contributed by atoms with E-state index in [1.54, 1.807) is 11.9 Å². The van der Waals surface area contributed by atoms with E-state index in [4.69, 9.17) is 4.74 Å². The van der Waals surface area contributed by atoms with Crippen molar-refractivity contribution >= 4 is 27.5 Å². The van der Waals surface area contributed by atoms with Gasteiger partial charge in [-0.15, -0.1) is 11.3 Å². The van der Waals surface area contributed by atoms with Gasteiger partial charge in [0.2, 0.25) is 5.91 Å². The zero-order chi connectivity index (χ0) is 15.7. The summed E-state index contributed by atoms with van der Waals surface area (Å²) in [5.41, 5.74) is 0.511. The molecule has 7 nitrogen and oxygen atoms in total. The Kier molecular flexibility index (Phi) is 4.23. The summed E-state index contributed by atoms with van der Waals surface area (Å²) in [5.74, 6) is 0.460. The Morgan fingerprint density at radius 2 is 2.45 bits per heavy atom. The van der Waals surface area contributed by atoms with E-state index in [-0.39, 0.29) is 24.1 Å². The van der Waals surface area contributed by atoms with Crippen LogP contribution < -0.4 is 5.56 Å². The van der Waals surface area contributed by atoms with Gasteiger partial charge in [-0.2, -0.15) is 0 Å². The van der Waals surface area contributed by atoms with E-state index >= 15 is 0 Å². The molecule has 1 fully saturated rings. The molecule has 2 aromatic rings. The van der Waals surface area contributed by atoms with Gasteiger partial charge in [0.15, 0.2) is 0 Å². The zero-order valence-electron chi connectivity index (χ0n) is 12.5. The molecule has 1 aliphatic heterocycles. The monoisotopic (exact) mass is 322 g/mol. The first-order valence-electron chi connectivity index (χ1n) is 7.05. The number of hydrogen-bond donors (Lipinski definition) is 1. The number of aromatic amines is 1. The Balaban J connectivity index is 1.75. The van der Waals surface area contributed by atoms with E-state index in [1.807, 2.05) is 23.4 Å². The van der Waals surface area contributed by atoms with Gasteiger partial charge in [0.1, 0.15) is 16.6 Å². The summed E-state index contributed by atoms with van der Waals surface area (Å²) < 4.78 is 5.99. The highest BCUT2D eigenvalue weighted by atomic mass is 32.1. The molecule has 0 saturated carbocycles. The van der Waals surface area contributed by atoms with E-state index < -0.39 is 0 Å². The third-order valence-electron chi connectivity index (χ3n) is 3.81. The molecule has 1 saturated heterocycles. The van der Waals surface area contributed by atoms with Crippen molar-refractivity contribution in [2.75, 3.05) is 33.9 Å². The molecule has 1 atom stereocenters. The van der Waals surface area contributed by atoms with Gasteiger partial charge >= 0.3 is 0 Å². The van der Waals surface area contributed by atoms with Gasteiger partial charge in [-0.3, -0.25) is 14.5 Å². The van der Waals surface area contributed by atoms with Crippen molar-refractivity contribution in [1.82, 2.24) is 19.8 Å². The highest BCUT2D eigenvalue weighted by molar-refractivity contribution is 7.17. The summed E-state index contributed by atoms with van der Waals surface area (Å²) >= 11 is 1.36. The maximum absolute atomic E-state index is 12.5. The van der Waals surface area contributed by atoms with Gasteiger partial charge < -0.3 is 14.6 Å². The lowest BCUT2D eigenvalue weighted by Gasteiger charge is -2.33. The second-order valence-corrected chi connectivity index (χ2v) is 6.33. The van der Waals surface area contributed by atoms with Crippen molar-refractivity contribution in [1.29, 1.82) is 0 Å². The Morgan fingerprint density at radius 1 is 1.64 bits per heavy atom. The van der Waals surface area contributed by atoms with Crippen molar-refractivity contribution in [3.05, 3.63) is 27.6 Å². The molecule has 0 aliphatic carbocycles. The molecule has 0 spiro atoms. The maximum Gasteiger partial charge on any atom is 0.268 e. The number of fused-ring (bicyclic) bond motifs is 1. The van der Waals surface area contributed by atoms with Gasteiger partial charge in [-0.05, 0) is 18.5 Å². The first-order chi connectivity index (χ1) is 10.6. The lowest BCUT2D eigenvalue weighted by Crippen LogP contribution is -2.52. The predicted octanol–water partition coefficient (Wildman–Crippen LogP) is 0.274. The van der Waals surface area contributed by atoms with Crippen molar-refractivity contribution in [2.24, 2.45) is 0 Å². The first kappa shape index (κ1) is 15.1. The van der Waals surface area contributed by atoms with Crippen molar-refractivity contribution < 1.29 is 9.53 Å². The molecule has 1 amide bonds. The molecule has 0 radical (unpaired) electrons. The van der Waals surface area contributed by atoms with Crippen LogP contribution in [-0.2, 0) is 16.1 Å². The average Bonchev–Trinajstić information content (AvgIpc) is 2.96. The van der Waals surface area contributed by atoms with Crippen LogP contribution in [0.15, 0.2) is 16.2 Å². The molecule has 0 bridgehead atoms. The standard InChI is InChI=1S/C14H18N4O3S/c1-17-4-5-21-8-10(17)14(20)18(2)7-11-15-9-3-6-22-12(9)13(19)16-11/h3,6,10H,4-5,7-8H2,1-2H3,(H,15,16,19). The van der Waals surface area contributed by atoms with E-state index in [0.29, 0.717) is 29.3 Å². The third kappa shape index (κ3) is 2.90. The minimum Gasteiger partial charge on any atom is -0.378 e. The normalized spacial score (nSPS) is 19.5. The number of rotatable bonds is 3. The lowest BCUT2D eigenvalue weighted by molar-refractivity contribution is -0.141. The number of nitrogens with zero attached hydrogens (tertiary/aromatic N) is 3. The highest BCUT2D eigenvalue weighted by Gasteiger charge is 2.29. The number of H-pyrrole nitrogens is 1. The number of ether oxygens (including phenoxy) is 1. The minimum absolute atomic E-state index is 0.0322. The quantitative estimate of drug-likeness (QED) is 0.878. The summed E-state index contributed by atoms with van der Waals surface area (Å²) in [5, 5.41) is 1.83. The Morgan fingerprint density at radius 3 is 3.23 bits per heavy atom. The number of carbonyl (C=O) groups is 1. The van der Waals surface area contributed by atoms with Crippen molar-refractivity contribution in [2.45, 2.75) is 12.6 Å². The Hall–Kier alpha value is -1.77. The topological polar surface area (TPSA) is 78.5 Å². The highest BCUT2D eigenvalue weighted by Crippen LogP contribution is 2.14. The predicted molar refractivity (Wildman–Crippen MR) is 84.0 cm³/mol. The average molecular weight is 322 g/mol. The number of thiophene rings is 1. The van der Waals surface area contributed by atoms with E-state index in [9.17, 15) is 9.59 Å². The Labute approximate surface area is 131 Å². The third-order valence-corrected chi connectivity index (χ3v) is 4.71. The van der Waals surface area contributed by atoms with Crippen LogP contribution in [0, 0.1) is 0 Å². The van der Waals surface area contributed by atoms with Gasteiger partial charge in [0.05, 0.1) is 25.3 Å². The summed E-state index contributed by atoms with van der Waals surface area (Å²) in [6, 6.07) is 1.53. The van der Waals surface area contributed by atoms with E-state index in [1.165, 1.54) is 11.3 Å². The molecule has 2 aromatic heterocycles. The minimum atomic E-state index is -0.282. The van der Waals surface area contributed by atoms with Gasteiger partial charge in [0, 0.05) is 13.6 Å². The van der Waals surface area contributed by atoms with Crippen LogP contribution >= 0.6 is 11.3 Å². The SMILES string of the molecule is CN(Cc1nc2ccsc2c(=O)[nH]1)C(=O)C1COCCN1C. The smallest absolute Gasteiger partial charge is 0.268 e. The van der Waals surface area contributed by atoms with Crippen LogP contribution in [0.3, 0.4) is 0 Å². The fourth-order valence-electron chi connectivity index (χ4n) is 2.50. The lowest BCUT2D eigenvalue weighted by atomic mass is 10.2. The second kappa shape index (κ2) is 6.15. The van der Waals surface area contributed by atoms with E-state index in [2.05, 4.69) is 9.97 Å². The van der Waals surface area contributed by atoms with Crippen LogP contribution in [0.4, 0.5) is 0 Å². The molecule has 1 unspecified atom stereocenters. The molecular weight excluding hydrogens is 304 g/mol. The summed E-state index contributed by atoms with van der Waals surface area (Å²) in [6.45, 7) is 2.05. The molecule has 1 N–H and O–H groups in total. The van der Waals surface area contributed by atoms with Gasteiger partial charge in [0.25, 0.3) is 5.56 Å². The van der Waals surface area contributed by atoms with Crippen molar-refractivity contribution in [3.63, 3.8) is 0 Å². The molecule has 3 rings (SSSR count). The largest absolute Gasteiger partial charge is 0.378 e. The fourth-order valence-corrected chi connectivity index (χ4v) is 3.23. The first-order valence-corrected chi connectivity index (χ1v) is 7.93. The number of nitrogens with one attached hydrogen (secondary N) is 1. The van der Waals surface area contributed by atoms with Gasteiger partial charge in [-0.1, -0.05) is 0 Å². The van der Waals surface area contributed by atoms with Crippen LogP contribution in [0.1, 0.15) is 5.82 Å². The summed E-state index contributed by atoms with van der Waals surface area (Å²) in [4.78, 5) is 35.1. The fraction of sp³-hybridized carbons (Fsp3) is 0.500. The number of morpholine rings is 1. The zero-order valence-corrected chi connectivity index (χ0v) is 13.4. The maximum atomic E-state index is 12.5. The van der Waals surface area contributed by atoms with Gasteiger partial charge in [-0.25, -0.2) is 4.98 Å². The second-order valence-electron chi connectivity index (χ2n) is 5.41. The molecule has 0 aromatic carbocycles. The molecule has 3 heterocycles. The van der Waals surface area contributed by atoms with E-state index in [0.717, 1.165) is 6.54 Å². The van der Waals surface area contributed by atoms with Crippen LogP contribution in [0.2, 0.25) is 0 Å². The summed E-state index contributed by atoms with van der Waals surface area (Å²) in [7, 11) is 3.62. The summed E-state index contributed by atoms with van der Waals surface area (Å²) in [6.07, 6.45) is 0. The van der Waals surface area contributed by atoms with Crippen LogP contribution in [0.5, 0.6) is 0 Å². The number of carbonyl (C=O) groups excluding carboxylic acids is 1. The molecule has 8 heteroatoms. The van der Waals surface area contributed by atoms with Crippen molar-refractivity contribution in [3.8, 4) is 0 Å². The molecule has 22 heavy (non-hydrogen) atoms. The molecular formula is C14H18N4O3S. The number of likely N-dealkylation sites (N-methyl/N-ethyl adjacent to an activating group) is 2. The number of aromatic nitrogens is 2.